The average Bonchev–Trinajstić information content (AvgIpc) is 2.33. The van der Waals surface area contributed by atoms with Crippen molar-refractivity contribution in [2.75, 3.05) is 13.1 Å². The van der Waals surface area contributed by atoms with Gasteiger partial charge in [0.1, 0.15) is 0 Å². The number of carbonyl (C=O) groups excluding carboxylic acids is 1. The van der Waals surface area contributed by atoms with Crippen LogP contribution in [0.25, 0.3) is 0 Å². The first-order valence-corrected chi connectivity index (χ1v) is 7.62. The van der Waals surface area contributed by atoms with E-state index in [-0.39, 0.29) is 11.3 Å². The molecule has 2 saturated carbocycles. The molecule has 104 valence electrons. The molecule has 0 aliphatic heterocycles. The fraction of sp³-hybridized carbons (Fsp3) is 0.933. The smallest absolute Gasteiger partial charge is 0.220 e. The van der Waals surface area contributed by atoms with Crippen molar-refractivity contribution in [3.05, 3.63) is 0 Å². The Balaban J connectivity index is 1.71. The maximum Gasteiger partial charge on any atom is 0.220 e. The highest BCUT2D eigenvalue weighted by Gasteiger charge is 2.37. The molecule has 2 rings (SSSR count). The van der Waals surface area contributed by atoms with Gasteiger partial charge >= 0.3 is 0 Å². The van der Waals surface area contributed by atoms with Gasteiger partial charge in [-0.1, -0.05) is 32.6 Å². The highest BCUT2D eigenvalue weighted by molar-refractivity contribution is 5.76. The zero-order chi connectivity index (χ0) is 13.0. The topological polar surface area (TPSA) is 55.1 Å². The Bertz CT molecular complexity index is 281. The molecule has 18 heavy (non-hydrogen) atoms. The second-order valence-electron chi connectivity index (χ2n) is 6.56. The predicted octanol–water partition coefficient (Wildman–Crippen LogP) is 2.45. The fourth-order valence-corrected chi connectivity index (χ4v) is 3.47. The lowest BCUT2D eigenvalue weighted by Gasteiger charge is -2.40. The monoisotopic (exact) mass is 252 g/mol. The first-order valence-electron chi connectivity index (χ1n) is 7.62. The summed E-state index contributed by atoms with van der Waals surface area (Å²) in [6, 6.07) is 0. The SMILES string of the molecule is CC1CCCCC1CNC(=O)CC1(CN)CCC1. The van der Waals surface area contributed by atoms with Gasteiger partial charge in [-0.2, -0.15) is 0 Å². The summed E-state index contributed by atoms with van der Waals surface area (Å²) in [5, 5.41) is 3.15. The van der Waals surface area contributed by atoms with Crippen LogP contribution in [-0.2, 0) is 4.79 Å². The van der Waals surface area contributed by atoms with Crippen LogP contribution in [0.1, 0.15) is 58.3 Å². The van der Waals surface area contributed by atoms with Gasteiger partial charge in [0.2, 0.25) is 5.91 Å². The normalized spacial score (nSPS) is 30.6. The van der Waals surface area contributed by atoms with Crippen molar-refractivity contribution in [2.45, 2.75) is 58.3 Å². The second kappa shape index (κ2) is 6.05. The van der Waals surface area contributed by atoms with E-state index in [1.54, 1.807) is 0 Å². The summed E-state index contributed by atoms with van der Waals surface area (Å²) in [6.07, 6.45) is 9.46. The third kappa shape index (κ3) is 3.25. The maximum absolute atomic E-state index is 12.0. The van der Waals surface area contributed by atoms with Crippen molar-refractivity contribution >= 4 is 5.91 Å². The lowest BCUT2D eigenvalue weighted by Crippen LogP contribution is -2.43. The van der Waals surface area contributed by atoms with E-state index in [0.717, 1.165) is 25.3 Å². The van der Waals surface area contributed by atoms with Gasteiger partial charge in [0.25, 0.3) is 0 Å². The summed E-state index contributed by atoms with van der Waals surface area (Å²) in [7, 11) is 0. The Hall–Kier alpha value is -0.570. The zero-order valence-corrected chi connectivity index (χ0v) is 11.7. The minimum atomic E-state index is 0.141. The van der Waals surface area contributed by atoms with Crippen molar-refractivity contribution in [1.29, 1.82) is 0 Å². The molecular formula is C15H28N2O. The molecule has 1 amide bonds. The largest absolute Gasteiger partial charge is 0.356 e. The predicted molar refractivity (Wildman–Crippen MR) is 74.1 cm³/mol. The fourth-order valence-electron chi connectivity index (χ4n) is 3.47. The third-order valence-electron chi connectivity index (χ3n) is 5.23. The van der Waals surface area contributed by atoms with E-state index in [2.05, 4.69) is 12.2 Å². The van der Waals surface area contributed by atoms with Crippen LogP contribution in [0.3, 0.4) is 0 Å². The van der Waals surface area contributed by atoms with Gasteiger partial charge in [0.05, 0.1) is 0 Å². The highest BCUT2D eigenvalue weighted by Crippen LogP contribution is 2.42. The molecule has 3 N–H and O–H groups in total. The summed E-state index contributed by atoms with van der Waals surface area (Å²) >= 11 is 0. The van der Waals surface area contributed by atoms with Crippen LogP contribution in [0.5, 0.6) is 0 Å². The van der Waals surface area contributed by atoms with Crippen molar-refractivity contribution in [1.82, 2.24) is 5.32 Å². The number of nitrogens with two attached hydrogens (primary N) is 1. The molecule has 3 nitrogen and oxygen atoms in total. The summed E-state index contributed by atoms with van der Waals surface area (Å²) in [6.45, 7) is 3.87. The third-order valence-corrected chi connectivity index (χ3v) is 5.23. The Labute approximate surface area is 111 Å². The van der Waals surface area contributed by atoms with E-state index in [9.17, 15) is 4.79 Å². The molecule has 0 aromatic heterocycles. The summed E-state index contributed by atoms with van der Waals surface area (Å²) in [5.41, 5.74) is 5.94. The van der Waals surface area contributed by atoms with E-state index in [0.29, 0.717) is 18.9 Å². The lowest BCUT2D eigenvalue weighted by molar-refractivity contribution is -0.125. The molecule has 2 aliphatic carbocycles. The van der Waals surface area contributed by atoms with Crippen LogP contribution in [0, 0.1) is 17.3 Å². The van der Waals surface area contributed by atoms with Crippen LogP contribution in [0.4, 0.5) is 0 Å². The maximum atomic E-state index is 12.0. The molecule has 3 heteroatoms. The van der Waals surface area contributed by atoms with E-state index in [4.69, 9.17) is 5.73 Å². The Morgan fingerprint density at radius 1 is 1.28 bits per heavy atom. The molecule has 0 heterocycles. The minimum Gasteiger partial charge on any atom is -0.356 e. The van der Waals surface area contributed by atoms with Gasteiger partial charge in [0, 0.05) is 13.0 Å². The number of hydrogen-bond acceptors (Lipinski definition) is 2. The second-order valence-corrected chi connectivity index (χ2v) is 6.56. The first kappa shape index (κ1) is 13.9. The number of carbonyl (C=O) groups is 1. The lowest BCUT2D eigenvalue weighted by atomic mass is 9.66. The number of rotatable bonds is 5. The van der Waals surface area contributed by atoms with Crippen molar-refractivity contribution < 1.29 is 4.79 Å². The van der Waals surface area contributed by atoms with E-state index >= 15 is 0 Å². The van der Waals surface area contributed by atoms with E-state index < -0.39 is 0 Å². The summed E-state index contributed by atoms with van der Waals surface area (Å²) in [4.78, 5) is 12.0. The molecule has 2 atom stereocenters. The zero-order valence-electron chi connectivity index (χ0n) is 11.7. The molecule has 2 fully saturated rings. The highest BCUT2D eigenvalue weighted by atomic mass is 16.1. The van der Waals surface area contributed by atoms with Crippen molar-refractivity contribution in [3.8, 4) is 0 Å². The molecule has 2 aliphatic rings. The Kier molecular flexibility index (Phi) is 4.66. The Morgan fingerprint density at radius 3 is 2.56 bits per heavy atom. The summed E-state index contributed by atoms with van der Waals surface area (Å²) in [5.74, 6) is 1.68. The van der Waals surface area contributed by atoms with Gasteiger partial charge in [0.15, 0.2) is 0 Å². The minimum absolute atomic E-state index is 0.141. The molecular weight excluding hydrogens is 224 g/mol. The molecule has 0 aromatic carbocycles. The summed E-state index contributed by atoms with van der Waals surface area (Å²) < 4.78 is 0. The van der Waals surface area contributed by atoms with Crippen molar-refractivity contribution in [3.63, 3.8) is 0 Å². The molecule has 0 spiro atoms. The molecule has 0 aromatic rings. The number of hydrogen-bond donors (Lipinski definition) is 2. The van der Waals surface area contributed by atoms with Gasteiger partial charge < -0.3 is 11.1 Å². The van der Waals surface area contributed by atoms with E-state index in [1.165, 1.54) is 32.1 Å². The van der Waals surface area contributed by atoms with E-state index in [1.807, 2.05) is 0 Å². The first-order chi connectivity index (χ1) is 8.65. The van der Waals surface area contributed by atoms with Crippen molar-refractivity contribution in [2.24, 2.45) is 23.0 Å². The van der Waals surface area contributed by atoms with Crippen LogP contribution in [-0.4, -0.2) is 19.0 Å². The van der Waals surface area contributed by atoms with Gasteiger partial charge in [-0.3, -0.25) is 4.79 Å². The number of nitrogens with one attached hydrogen (secondary N) is 1. The number of amides is 1. The molecule has 0 saturated heterocycles. The Morgan fingerprint density at radius 2 is 2.00 bits per heavy atom. The van der Waals surface area contributed by atoms with Crippen LogP contribution in [0.15, 0.2) is 0 Å². The van der Waals surface area contributed by atoms with Gasteiger partial charge in [-0.25, -0.2) is 0 Å². The standard InChI is InChI=1S/C15H28N2O/c1-12-5-2-3-6-13(12)10-17-14(18)9-15(11-16)7-4-8-15/h12-13H,2-11,16H2,1H3,(H,17,18). The van der Waals surface area contributed by atoms with Gasteiger partial charge in [-0.05, 0) is 43.1 Å². The van der Waals surface area contributed by atoms with Crippen LogP contribution in [0.2, 0.25) is 0 Å². The molecule has 0 bridgehead atoms. The molecule has 0 radical (unpaired) electrons. The van der Waals surface area contributed by atoms with Crippen LogP contribution >= 0.6 is 0 Å². The molecule has 2 unspecified atom stereocenters. The van der Waals surface area contributed by atoms with Gasteiger partial charge in [-0.15, -0.1) is 0 Å². The average molecular weight is 252 g/mol. The van der Waals surface area contributed by atoms with Crippen LogP contribution < -0.4 is 11.1 Å². The quantitative estimate of drug-likeness (QED) is 0.789.